The minimum atomic E-state index is 0.00134. The van der Waals surface area contributed by atoms with Crippen molar-refractivity contribution in [1.82, 2.24) is 9.88 Å². The molecule has 1 saturated heterocycles. The topological polar surface area (TPSA) is 42.4 Å². The van der Waals surface area contributed by atoms with Crippen LogP contribution in [-0.2, 0) is 4.74 Å². The maximum atomic E-state index is 12.5. The van der Waals surface area contributed by atoms with Crippen LogP contribution in [0.15, 0.2) is 29.6 Å². The molecule has 4 nitrogen and oxygen atoms in total. The second-order valence-electron chi connectivity index (χ2n) is 6.25. The van der Waals surface area contributed by atoms with Crippen molar-refractivity contribution in [1.29, 1.82) is 0 Å². The van der Waals surface area contributed by atoms with Crippen molar-refractivity contribution in [3.8, 4) is 10.6 Å². The molecule has 122 valence electrons. The van der Waals surface area contributed by atoms with Crippen LogP contribution in [0.4, 0.5) is 0 Å². The van der Waals surface area contributed by atoms with Crippen molar-refractivity contribution >= 4 is 17.2 Å². The van der Waals surface area contributed by atoms with Crippen LogP contribution in [0.3, 0.4) is 0 Å². The zero-order valence-electron chi connectivity index (χ0n) is 13.8. The highest BCUT2D eigenvalue weighted by molar-refractivity contribution is 7.13. The van der Waals surface area contributed by atoms with Crippen molar-refractivity contribution in [2.45, 2.75) is 32.8 Å². The minimum Gasteiger partial charge on any atom is -0.375 e. The van der Waals surface area contributed by atoms with Gasteiger partial charge >= 0.3 is 0 Å². The van der Waals surface area contributed by atoms with Gasteiger partial charge < -0.3 is 9.64 Å². The van der Waals surface area contributed by atoms with Crippen LogP contribution in [-0.4, -0.2) is 41.6 Å². The second kappa shape index (κ2) is 6.81. The maximum Gasteiger partial charge on any atom is 0.273 e. The van der Waals surface area contributed by atoms with Crippen molar-refractivity contribution in [2.75, 3.05) is 19.7 Å². The van der Waals surface area contributed by atoms with Gasteiger partial charge in [-0.25, -0.2) is 4.98 Å². The van der Waals surface area contributed by atoms with E-state index >= 15 is 0 Å². The lowest BCUT2D eigenvalue weighted by Crippen LogP contribution is -2.44. The third-order valence-corrected chi connectivity index (χ3v) is 4.97. The fourth-order valence-electron chi connectivity index (χ4n) is 2.68. The molecule has 1 atom stereocenters. The molecule has 0 unspecified atom stereocenters. The fraction of sp³-hybridized carbons (Fsp3) is 0.444. The number of morpholine rings is 1. The smallest absolute Gasteiger partial charge is 0.273 e. The molecule has 0 N–H and O–H groups in total. The van der Waals surface area contributed by atoms with Gasteiger partial charge in [-0.3, -0.25) is 4.79 Å². The van der Waals surface area contributed by atoms with Crippen molar-refractivity contribution in [3.63, 3.8) is 0 Å². The molecular weight excluding hydrogens is 308 g/mol. The summed E-state index contributed by atoms with van der Waals surface area (Å²) in [5.74, 6) is 0.516. The summed E-state index contributed by atoms with van der Waals surface area (Å²) in [5, 5.41) is 2.75. The fourth-order valence-corrected chi connectivity index (χ4v) is 3.48. The van der Waals surface area contributed by atoms with Gasteiger partial charge in [0.2, 0.25) is 0 Å². The van der Waals surface area contributed by atoms with E-state index in [1.807, 2.05) is 17.2 Å². The van der Waals surface area contributed by atoms with Gasteiger partial charge in [-0.1, -0.05) is 38.1 Å². The average molecular weight is 330 g/mol. The SMILES string of the molecule is CC(C)c1ccc(-c2nc(C(=O)N3CCO[C@@H](C)C3)cs2)cc1. The monoisotopic (exact) mass is 330 g/mol. The summed E-state index contributed by atoms with van der Waals surface area (Å²) >= 11 is 1.52. The predicted octanol–water partition coefficient (Wildman–Crippen LogP) is 3.79. The molecule has 1 aliphatic heterocycles. The van der Waals surface area contributed by atoms with Crippen LogP contribution in [0.5, 0.6) is 0 Å². The predicted molar refractivity (Wildman–Crippen MR) is 93.0 cm³/mol. The van der Waals surface area contributed by atoms with E-state index in [2.05, 4.69) is 43.1 Å². The number of carbonyl (C=O) groups excluding carboxylic acids is 1. The lowest BCUT2D eigenvalue weighted by molar-refractivity contribution is -0.0126. The van der Waals surface area contributed by atoms with Crippen molar-refractivity contribution in [2.24, 2.45) is 0 Å². The van der Waals surface area contributed by atoms with Gasteiger partial charge in [0.15, 0.2) is 0 Å². The molecule has 2 aromatic rings. The summed E-state index contributed by atoms with van der Waals surface area (Å²) in [6.45, 7) is 8.22. The summed E-state index contributed by atoms with van der Waals surface area (Å²) in [7, 11) is 0. The number of hydrogen-bond acceptors (Lipinski definition) is 4. The summed E-state index contributed by atoms with van der Waals surface area (Å²) in [6, 6.07) is 8.43. The molecule has 0 aliphatic carbocycles. The number of amides is 1. The van der Waals surface area contributed by atoms with Crippen molar-refractivity contribution in [3.05, 3.63) is 40.9 Å². The minimum absolute atomic E-state index is 0.00134. The van der Waals surface area contributed by atoms with E-state index in [0.717, 1.165) is 10.6 Å². The molecule has 23 heavy (non-hydrogen) atoms. The Balaban J connectivity index is 1.76. The molecular formula is C18H22N2O2S. The summed E-state index contributed by atoms with van der Waals surface area (Å²) in [6.07, 6.45) is 0.0920. The molecule has 1 fully saturated rings. The van der Waals surface area contributed by atoms with Crippen LogP contribution in [0, 0.1) is 0 Å². The average Bonchev–Trinajstić information content (AvgIpc) is 3.04. The number of aromatic nitrogens is 1. The summed E-state index contributed by atoms with van der Waals surface area (Å²) < 4.78 is 5.49. The van der Waals surface area contributed by atoms with E-state index in [-0.39, 0.29) is 12.0 Å². The van der Waals surface area contributed by atoms with Gasteiger partial charge in [0.1, 0.15) is 10.7 Å². The van der Waals surface area contributed by atoms with E-state index < -0.39 is 0 Å². The Bertz CT molecular complexity index is 679. The van der Waals surface area contributed by atoms with E-state index in [1.54, 1.807) is 0 Å². The number of nitrogens with zero attached hydrogens (tertiary/aromatic N) is 2. The number of rotatable bonds is 3. The number of ether oxygens (including phenoxy) is 1. The molecule has 2 heterocycles. The van der Waals surface area contributed by atoms with Crippen LogP contribution in [0.2, 0.25) is 0 Å². The van der Waals surface area contributed by atoms with Crippen LogP contribution < -0.4 is 0 Å². The zero-order valence-corrected chi connectivity index (χ0v) is 14.6. The van der Waals surface area contributed by atoms with Gasteiger partial charge in [-0.15, -0.1) is 11.3 Å². The lowest BCUT2D eigenvalue weighted by atomic mass is 10.0. The molecule has 3 rings (SSSR count). The Morgan fingerprint density at radius 3 is 2.74 bits per heavy atom. The Morgan fingerprint density at radius 1 is 1.35 bits per heavy atom. The van der Waals surface area contributed by atoms with Crippen LogP contribution in [0.1, 0.15) is 42.7 Å². The number of benzene rings is 1. The Morgan fingerprint density at radius 2 is 2.09 bits per heavy atom. The van der Waals surface area contributed by atoms with Gasteiger partial charge in [0.25, 0.3) is 5.91 Å². The Kier molecular flexibility index (Phi) is 4.78. The number of hydrogen-bond donors (Lipinski definition) is 0. The molecule has 1 aromatic heterocycles. The van der Waals surface area contributed by atoms with Gasteiger partial charge in [0, 0.05) is 24.0 Å². The molecule has 0 saturated carbocycles. The van der Waals surface area contributed by atoms with E-state index in [4.69, 9.17) is 4.74 Å². The third-order valence-electron chi connectivity index (χ3n) is 4.08. The van der Waals surface area contributed by atoms with Crippen LogP contribution in [0.25, 0.3) is 10.6 Å². The first-order chi connectivity index (χ1) is 11.0. The first-order valence-electron chi connectivity index (χ1n) is 8.01. The molecule has 1 amide bonds. The molecule has 0 spiro atoms. The molecule has 0 bridgehead atoms. The first kappa shape index (κ1) is 16.1. The lowest BCUT2D eigenvalue weighted by Gasteiger charge is -2.30. The first-order valence-corrected chi connectivity index (χ1v) is 8.89. The Hall–Kier alpha value is -1.72. The van der Waals surface area contributed by atoms with Crippen LogP contribution >= 0.6 is 11.3 Å². The van der Waals surface area contributed by atoms with E-state index in [1.165, 1.54) is 16.9 Å². The van der Waals surface area contributed by atoms with Gasteiger partial charge in [-0.2, -0.15) is 0 Å². The zero-order chi connectivity index (χ0) is 16.4. The molecule has 5 heteroatoms. The standard InChI is InChI=1S/C18H22N2O2S/c1-12(2)14-4-6-15(7-5-14)17-19-16(11-23-17)18(21)20-8-9-22-13(3)10-20/h4-7,11-13H,8-10H2,1-3H3/t13-/m0/s1. The highest BCUT2D eigenvalue weighted by atomic mass is 32.1. The third kappa shape index (κ3) is 3.62. The quantitative estimate of drug-likeness (QED) is 0.860. The van der Waals surface area contributed by atoms with E-state index in [0.29, 0.717) is 31.3 Å². The molecule has 1 aromatic carbocycles. The molecule has 1 aliphatic rings. The number of carbonyl (C=O) groups is 1. The summed E-state index contributed by atoms with van der Waals surface area (Å²) in [4.78, 5) is 18.9. The maximum absolute atomic E-state index is 12.5. The molecule has 0 radical (unpaired) electrons. The van der Waals surface area contributed by atoms with Crippen molar-refractivity contribution < 1.29 is 9.53 Å². The van der Waals surface area contributed by atoms with E-state index in [9.17, 15) is 4.79 Å². The van der Waals surface area contributed by atoms with Gasteiger partial charge in [0.05, 0.1) is 12.7 Å². The highest BCUT2D eigenvalue weighted by Gasteiger charge is 2.24. The highest BCUT2D eigenvalue weighted by Crippen LogP contribution is 2.26. The Labute approximate surface area is 141 Å². The van der Waals surface area contributed by atoms with Gasteiger partial charge in [-0.05, 0) is 18.4 Å². The number of thiazole rings is 1. The largest absolute Gasteiger partial charge is 0.375 e. The normalized spacial score (nSPS) is 18.4. The second-order valence-corrected chi connectivity index (χ2v) is 7.11. The summed E-state index contributed by atoms with van der Waals surface area (Å²) in [5.41, 5.74) is 2.91.